The first-order chi connectivity index (χ1) is 12.5. The van der Waals surface area contributed by atoms with Gasteiger partial charge in [-0.2, -0.15) is 0 Å². The minimum absolute atomic E-state index is 0.128. The van der Waals surface area contributed by atoms with Crippen LogP contribution in [0.2, 0.25) is 0 Å². The molecule has 0 aliphatic heterocycles. The third-order valence-corrected chi connectivity index (χ3v) is 4.67. The topological polar surface area (TPSA) is 46.5 Å². The molecule has 0 atom stereocenters. The molecule has 0 amide bonds. The van der Waals surface area contributed by atoms with Crippen LogP contribution in [0, 0.1) is 12.3 Å². The van der Waals surface area contributed by atoms with E-state index in [1.54, 1.807) is 0 Å². The van der Waals surface area contributed by atoms with Crippen LogP contribution in [0.15, 0.2) is 42.5 Å². The molecule has 0 unspecified atom stereocenters. The average molecular weight is 369 g/mol. The summed E-state index contributed by atoms with van der Waals surface area (Å²) in [7, 11) is 0. The highest BCUT2D eigenvalue weighted by atomic mass is 16.5. The first-order valence-electron chi connectivity index (χ1n) is 9.50. The van der Waals surface area contributed by atoms with Crippen LogP contribution < -0.4 is 0 Å². The Hall–Kier alpha value is -2.29. The Kier molecular flexibility index (Phi) is 6.35. The van der Waals surface area contributed by atoms with E-state index in [-0.39, 0.29) is 16.8 Å². The molecule has 0 aliphatic carbocycles. The molecule has 0 aromatic heterocycles. The van der Waals surface area contributed by atoms with Crippen molar-refractivity contribution < 1.29 is 14.6 Å². The number of phenolic OH excluding ortho intramolecular Hbond substituents is 1. The van der Waals surface area contributed by atoms with Crippen LogP contribution in [0.3, 0.4) is 0 Å². The van der Waals surface area contributed by atoms with E-state index < -0.39 is 0 Å². The minimum atomic E-state index is -0.202. The van der Waals surface area contributed by atoms with Crippen molar-refractivity contribution in [3.05, 3.63) is 64.7 Å². The Labute approximate surface area is 163 Å². The number of phenols is 1. The largest absolute Gasteiger partial charge is 0.507 e. The maximum absolute atomic E-state index is 12.1. The van der Waals surface area contributed by atoms with Crippen molar-refractivity contribution in [3.63, 3.8) is 0 Å². The lowest BCUT2D eigenvalue weighted by Crippen LogP contribution is -2.25. The number of carbonyl (C=O) groups is 1. The van der Waals surface area contributed by atoms with Crippen molar-refractivity contribution in [2.75, 3.05) is 6.61 Å². The summed E-state index contributed by atoms with van der Waals surface area (Å²) in [5, 5.41) is 10.4. The molecule has 2 rings (SSSR count). The lowest BCUT2D eigenvalue weighted by molar-refractivity contribution is -0.145. The number of ether oxygens (including phenoxy) is 1. The van der Waals surface area contributed by atoms with Crippen molar-refractivity contribution in [1.82, 2.24) is 0 Å². The monoisotopic (exact) mass is 368 g/mol. The standard InChI is InChI=1S/C24H32O3/c1-17-12-19(13-20(22(17)26)23(2,3)4)15-24(5,6)16-27-21(25)14-18-10-8-7-9-11-18/h7-13,26H,14-16H2,1-6H3. The third kappa shape index (κ3) is 6.13. The molecule has 2 aromatic carbocycles. The summed E-state index contributed by atoms with van der Waals surface area (Å²) in [4.78, 5) is 12.1. The van der Waals surface area contributed by atoms with Crippen LogP contribution in [0.4, 0.5) is 0 Å². The average Bonchev–Trinajstić information content (AvgIpc) is 2.56. The van der Waals surface area contributed by atoms with Gasteiger partial charge in [-0.1, -0.05) is 77.1 Å². The normalized spacial score (nSPS) is 12.1. The number of hydrogen-bond acceptors (Lipinski definition) is 3. The first-order valence-corrected chi connectivity index (χ1v) is 9.50. The van der Waals surface area contributed by atoms with Crippen molar-refractivity contribution in [2.24, 2.45) is 5.41 Å². The molecule has 0 saturated heterocycles. The van der Waals surface area contributed by atoms with Crippen LogP contribution >= 0.6 is 0 Å². The fourth-order valence-electron chi connectivity index (χ4n) is 3.22. The highest BCUT2D eigenvalue weighted by Crippen LogP contribution is 2.35. The predicted octanol–water partition coefficient (Wildman–Crippen LogP) is 5.35. The van der Waals surface area contributed by atoms with Gasteiger partial charge in [0.05, 0.1) is 13.0 Å². The Morgan fingerprint density at radius 3 is 2.22 bits per heavy atom. The number of rotatable bonds is 6. The molecule has 2 aromatic rings. The number of benzene rings is 2. The smallest absolute Gasteiger partial charge is 0.310 e. The second kappa shape index (κ2) is 8.16. The molecule has 0 bridgehead atoms. The van der Waals surface area contributed by atoms with E-state index in [2.05, 4.69) is 40.7 Å². The number of aromatic hydroxyl groups is 1. The Morgan fingerprint density at radius 1 is 1.00 bits per heavy atom. The van der Waals surface area contributed by atoms with Gasteiger partial charge in [-0.05, 0) is 41.0 Å². The molecule has 0 spiro atoms. The molecule has 1 N–H and O–H groups in total. The second-order valence-corrected chi connectivity index (χ2v) is 9.22. The Balaban J connectivity index is 2.03. The van der Waals surface area contributed by atoms with Crippen LogP contribution in [-0.2, 0) is 27.8 Å². The van der Waals surface area contributed by atoms with Crippen molar-refractivity contribution in [3.8, 4) is 5.75 Å². The van der Waals surface area contributed by atoms with Crippen molar-refractivity contribution in [1.29, 1.82) is 0 Å². The zero-order valence-electron chi connectivity index (χ0n) is 17.4. The second-order valence-electron chi connectivity index (χ2n) is 9.22. The first kappa shape index (κ1) is 21.0. The van der Waals surface area contributed by atoms with Crippen LogP contribution in [0.1, 0.15) is 56.9 Å². The fraction of sp³-hybridized carbons (Fsp3) is 0.458. The van der Waals surface area contributed by atoms with E-state index in [4.69, 9.17) is 4.74 Å². The molecule has 3 nitrogen and oxygen atoms in total. The van der Waals surface area contributed by atoms with Gasteiger partial charge in [0.15, 0.2) is 0 Å². The molecular weight excluding hydrogens is 336 g/mol. The third-order valence-electron chi connectivity index (χ3n) is 4.67. The van der Waals surface area contributed by atoms with Crippen molar-refractivity contribution >= 4 is 5.97 Å². The number of carbonyl (C=O) groups excluding carboxylic acids is 1. The van der Waals surface area contributed by atoms with Gasteiger partial charge in [-0.25, -0.2) is 0 Å². The zero-order chi connectivity index (χ0) is 20.2. The summed E-state index contributed by atoms with van der Waals surface area (Å²) >= 11 is 0. The van der Waals surface area contributed by atoms with Crippen LogP contribution in [-0.4, -0.2) is 17.7 Å². The van der Waals surface area contributed by atoms with Gasteiger partial charge in [0.2, 0.25) is 0 Å². The van der Waals surface area contributed by atoms with E-state index in [0.29, 0.717) is 18.8 Å². The lowest BCUT2D eigenvalue weighted by Gasteiger charge is -2.27. The number of esters is 1. The van der Waals surface area contributed by atoms with Gasteiger partial charge in [0, 0.05) is 5.41 Å². The predicted molar refractivity (Wildman–Crippen MR) is 110 cm³/mol. The zero-order valence-corrected chi connectivity index (χ0v) is 17.4. The number of hydrogen-bond donors (Lipinski definition) is 1. The molecule has 146 valence electrons. The quantitative estimate of drug-likeness (QED) is 0.699. The SMILES string of the molecule is Cc1cc(CC(C)(C)COC(=O)Cc2ccccc2)cc(C(C)(C)C)c1O. The molecule has 0 heterocycles. The summed E-state index contributed by atoms with van der Waals surface area (Å²) in [6, 6.07) is 13.7. The maximum Gasteiger partial charge on any atom is 0.310 e. The summed E-state index contributed by atoms with van der Waals surface area (Å²) in [5.41, 5.74) is 3.63. The van der Waals surface area contributed by atoms with E-state index >= 15 is 0 Å². The van der Waals surface area contributed by atoms with Crippen molar-refractivity contribution in [2.45, 2.75) is 59.8 Å². The van der Waals surface area contributed by atoms with Gasteiger partial charge in [-0.3, -0.25) is 4.79 Å². The molecule has 3 heteroatoms. The molecule has 0 saturated carbocycles. The number of aryl methyl sites for hydroxylation is 1. The summed E-state index contributed by atoms with van der Waals surface area (Å²) in [6.07, 6.45) is 1.07. The molecule has 0 radical (unpaired) electrons. The van der Waals surface area contributed by atoms with Gasteiger partial charge in [0.25, 0.3) is 0 Å². The van der Waals surface area contributed by atoms with E-state index in [1.807, 2.05) is 43.3 Å². The van der Waals surface area contributed by atoms with Gasteiger partial charge < -0.3 is 9.84 Å². The van der Waals surface area contributed by atoms with Gasteiger partial charge in [-0.15, -0.1) is 0 Å². The van der Waals surface area contributed by atoms with E-state index in [9.17, 15) is 9.90 Å². The van der Waals surface area contributed by atoms with Gasteiger partial charge >= 0.3 is 5.97 Å². The Bertz CT molecular complexity index is 783. The fourth-order valence-corrected chi connectivity index (χ4v) is 3.22. The summed E-state index contributed by atoms with van der Waals surface area (Å²) in [5.74, 6) is 0.171. The Morgan fingerprint density at radius 2 is 1.63 bits per heavy atom. The minimum Gasteiger partial charge on any atom is -0.507 e. The van der Waals surface area contributed by atoms with E-state index in [1.165, 1.54) is 0 Å². The molecule has 0 aliphatic rings. The highest BCUT2D eigenvalue weighted by molar-refractivity contribution is 5.72. The maximum atomic E-state index is 12.1. The van der Waals surface area contributed by atoms with Crippen LogP contribution in [0.5, 0.6) is 5.75 Å². The highest BCUT2D eigenvalue weighted by Gasteiger charge is 2.25. The lowest BCUT2D eigenvalue weighted by atomic mass is 9.80. The molecule has 27 heavy (non-hydrogen) atoms. The summed E-state index contributed by atoms with van der Waals surface area (Å²) < 4.78 is 5.55. The molecule has 0 fully saturated rings. The summed E-state index contributed by atoms with van der Waals surface area (Å²) in [6.45, 7) is 12.8. The van der Waals surface area contributed by atoms with Gasteiger partial charge in [0.1, 0.15) is 5.75 Å². The molecular formula is C24H32O3. The van der Waals surface area contributed by atoms with Crippen LogP contribution in [0.25, 0.3) is 0 Å². The van der Waals surface area contributed by atoms with E-state index in [0.717, 1.165) is 28.7 Å².